The number of rotatable bonds is 4. The van der Waals surface area contributed by atoms with Crippen molar-refractivity contribution in [3.8, 4) is 11.1 Å². The first-order chi connectivity index (χ1) is 17.6. The zero-order valence-corrected chi connectivity index (χ0v) is 23.8. The molecule has 0 aliphatic rings. The van der Waals surface area contributed by atoms with Crippen molar-refractivity contribution in [1.82, 2.24) is 9.97 Å². The normalized spacial score (nSPS) is 10.2. The second-order valence-electron chi connectivity index (χ2n) is 7.01. The molecule has 0 atom stereocenters. The molecule has 0 aliphatic carbocycles. The van der Waals surface area contributed by atoms with E-state index in [0.717, 1.165) is 32.7 Å². The Balaban J connectivity index is 0.00000122. The van der Waals surface area contributed by atoms with Gasteiger partial charge in [-0.15, -0.1) is 6.58 Å². The van der Waals surface area contributed by atoms with Gasteiger partial charge in [0.2, 0.25) is 0 Å². The molecule has 2 aromatic heterocycles. The largest absolute Gasteiger partial charge is 0.355 e. The highest BCUT2D eigenvalue weighted by atomic mass is 14.7. The maximum atomic E-state index is 4.23. The highest BCUT2D eigenvalue weighted by molar-refractivity contribution is 5.96. The van der Waals surface area contributed by atoms with Crippen molar-refractivity contribution in [3.05, 3.63) is 96.2 Å². The van der Waals surface area contributed by atoms with Crippen LogP contribution < -0.4 is 10.6 Å². The molecule has 0 radical (unpaired) electrons. The van der Waals surface area contributed by atoms with Crippen LogP contribution in [-0.2, 0) is 0 Å². The Morgan fingerprint density at radius 1 is 0.722 bits per heavy atom. The standard InChI is InChI=1S/C25H22N2.C3H6.3C2H6/c1-5-8-19-21-15-18(11-13-25(21)26-22(19)7-3)17-10-12-24-20(14-17)16(4)23(27-24)9-6-2;1-3-2;3*1-2/h5-15,26-27H,2-4H2,1H3;3H,1H2,2H3;3*1-2H3/b8-5-,23-9+;;;;. The van der Waals surface area contributed by atoms with E-state index in [9.17, 15) is 0 Å². The third-order valence-corrected chi connectivity index (χ3v) is 4.96. The Bertz CT molecular complexity index is 1370. The van der Waals surface area contributed by atoms with Crippen LogP contribution in [0.5, 0.6) is 0 Å². The van der Waals surface area contributed by atoms with E-state index in [0.29, 0.717) is 0 Å². The molecule has 0 spiro atoms. The number of fused-ring (bicyclic) bond motifs is 2. The maximum Gasteiger partial charge on any atom is 0.0465 e. The molecule has 0 saturated carbocycles. The van der Waals surface area contributed by atoms with E-state index in [1.165, 1.54) is 22.1 Å². The molecule has 0 fully saturated rings. The van der Waals surface area contributed by atoms with Gasteiger partial charge in [-0.3, -0.25) is 0 Å². The van der Waals surface area contributed by atoms with Gasteiger partial charge < -0.3 is 9.97 Å². The molecule has 4 rings (SSSR count). The van der Waals surface area contributed by atoms with Gasteiger partial charge in [0.25, 0.3) is 0 Å². The average molecular weight is 483 g/mol. The van der Waals surface area contributed by atoms with E-state index < -0.39 is 0 Å². The van der Waals surface area contributed by atoms with E-state index in [1.807, 2.05) is 67.5 Å². The zero-order chi connectivity index (χ0) is 27.7. The number of aromatic nitrogens is 2. The molecule has 0 saturated heterocycles. The summed E-state index contributed by atoms with van der Waals surface area (Å²) in [4.78, 5) is 6.83. The summed E-state index contributed by atoms with van der Waals surface area (Å²) in [5.41, 5.74) is 6.78. The van der Waals surface area contributed by atoms with Gasteiger partial charge in [-0.1, -0.05) is 97.7 Å². The van der Waals surface area contributed by atoms with Crippen LogP contribution in [0.2, 0.25) is 0 Å². The molecule has 192 valence electrons. The smallest absolute Gasteiger partial charge is 0.0465 e. The Kier molecular flexibility index (Phi) is 15.8. The van der Waals surface area contributed by atoms with Crippen molar-refractivity contribution in [2.24, 2.45) is 0 Å². The molecule has 4 aromatic rings. The lowest BCUT2D eigenvalue weighted by Gasteiger charge is -2.03. The van der Waals surface area contributed by atoms with Crippen molar-refractivity contribution in [3.63, 3.8) is 0 Å². The van der Waals surface area contributed by atoms with E-state index in [-0.39, 0.29) is 0 Å². The first kappa shape index (κ1) is 32.2. The first-order valence-electron chi connectivity index (χ1n) is 13.0. The Morgan fingerprint density at radius 3 is 1.69 bits per heavy atom. The number of allylic oxidation sites excluding steroid dienone is 3. The molecule has 2 aromatic carbocycles. The second-order valence-corrected chi connectivity index (χ2v) is 7.01. The number of hydrogen-bond acceptors (Lipinski definition) is 0. The minimum Gasteiger partial charge on any atom is -0.355 e. The molecule has 0 aliphatic heterocycles. The van der Waals surface area contributed by atoms with Crippen LogP contribution in [0.3, 0.4) is 0 Å². The summed E-state index contributed by atoms with van der Waals surface area (Å²) >= 11 is 0. The molecule has 0 bridgehead atoms. The fourth-order valence-corrected chi connectivity index (χ4v) is 3.63. The summed E-state index contributed by atoms with van der Waals surface area (Å²) in [6.45, 7) is 31.2. The van der Waals surface area contributed by atoms with Crippen LogP contribution >= 0.6 is 0 Å². The van der Waals surface area contributed by atoms with Gasteiger partial charge in [-0.25, -0.2) is 0 Å². The summed E-state index contributed by atoms with van der Waals surface area (Å²) < 4.78 is 0. The van der Waals surface area contributed by atoms with Gasteiger partial charge >= 0.3 is 0 Å². The van der Waals surface area contributed by atoms with Gasteiger partial charge in [-0.05, 0) is 61.4 Å². The summed E-state index contributed by atoms with van der Waals surface area (Å²) in [7, 11) is 0. The van der Waals surface area contributed by atoms with E-state index in [4.69, 9.17) is 0 Å². The van der Waals surface area contributed by atoms with Gasteiger partial charge in [0.15, 0.2) is 0 Å². The lowest BCUT2D eigenvalue weighted by atomic mass is 10.0. The lowest BCUT2D eigenvalue weighted by Crippen LogP contribution is -2.20. The van der Waals surface area contributed by atoms with Crippen molar-refractivity contribution in [2.45, 2.75) is 55.4 Å². The Hall–Kier alpha value is -3.78. The summed E-state index contributed by atoms with van der Waals surface area (Å²) in [6.07, 6.45) is 11.5. The third-order valence-electron chi connectivity index (χ3n) is 4.96. The lowest BCUT2D eigenvalue weighted by molar-refractivity contribution is 1.36. The van der Waals surface area contributed by atoms with Gasteiger partial charge in [0, 0.05) is 43.6 Å². The Morgan fingerprint density at radius 2 is 1.22 bits per heavy atom. The minimum atomic E-state index is 0.998. The number of aromatic amines is 2. The predicted molar refractivity (Wildman–Crippen MR) is 170 cm³/mol. The third kappa shape index (κ3) is 7.61. The highest BCUT2D eigenvalue weighted by Crippen LogP contribution is 2.30. The highest BCUT2D eigenvalue weighted by Gasteiger charge is 2.09. The quantitative estimate of drug-likeness (QED) is 0.271. The van der Waals surface area contributed by atoms with Crippen LogP contribution in [-0.4, -0.2) is 9.97 Å². The number of H-pyrrole nitrogens is 2. The van der Waals surface area contributed by atoms with Crippen molar-refractivity contribution < 1.29 is 0 Å². The van der Waals surface area contributed by atoms with Crippen LogP contribution in [0.1, 0.15) is 66.6 Å². The van der Waals surface area contributed by atoms with Crippen LogP contribution in [0, 0.1) is 0 Å². The molecule has 0 amide bonds. The Labute approximate surface area is 219 Å². The fraction of sp³-hybridized carbons (Fsp3) is 0.235. The van der Waals surface area contributed by atoms with Gasteiger partial charge in [0.1, 0.15) is 0 Å². The van der Waals surface area contributed by atoms with Crippen molar-refractivity contribution in [2.75, 3.05) is 0 Å². The van der Waals surface area contributed by atoms with Crippen LogP contribution in [0.25, 0.3) is 57.7 Å². The number of hydrogen-bond donors (Lipinski definition) is 2. The second kappa shape index (κ2) is 17.6. The summed E-state index contributed by atoms with van der Waals surface area (Å²) in [5.74, 6) is 0. The molecule has 0 unspecified atom stereocenters. The van der Waals surface area contributed by atoms with Crippen molar-refractivity contribution in [1.29, 1.82) is 0 Å². The number of nitrogens with one attached hydrogen (secondary N) is 2. The van der Waals surface area contributed by atoms with Crippen LogP contribution in [0.4, 0.5) is 0 Å². The zero-order valence-electron chi connectivity index (χ0n) is 23.8. The SMILES string of the molecule is C=C/C=c1/[nH]c2ccc(-c3ccc4[nH]c(C=C)c(/C=C\C)c4c3)cc2c1=C.C=CC.CC.CC.CC. The number of benzene rings is 2. The molecule has 2 heterocycles. The molecule has 2 N–H and O–H groups in total. The summed E-state index contributed by atoms with van der Waals surface area (Å²) in [5, 5.41) is 4.34. The average Bonchev–Trinajstić information content (AvgIpc) is 3.44. The monoisotopic (exact) mass is 482 g/mol. The predicted octanol–water partition coefficient (Wildman–Crippen LogP) is 9.64. The molecular weight excluding hydrogens is 436 g/mol. The summed E-state index contributed by atoms with van der Waals surface area (Å²) in [6, 6.07) is 13.0. The van der Waals surface area contributed by atoms with Crippen molar-refractivity contribution >= 4 is 46.6 Å². The molecular formula is C34H46N2. The van der Waals surface area contributed by atoms with E-state index in [2.05, 4.69) is 84.8 Å². The topological polar surface area (TPSA) is 31.6 Å². The van der Waals surface area contributed by atoms with Gasteiger partial charge in [0.05, 0.1) is 0 Å². The fourth-order valence-electron chi connectivity index (χ4n) is 3.63. The molecule has 36 heavy (non-hydrogen) atoms. The maximum absolute atomic E-state index is 4.23. The van der Waals surface area contributed by atoms with E-state index >= 15 is 0 Å². The first-order valence-corrected chi connectivity index (χ1v) is 13.0. The van der Waals surface area contributed by atoms with Gasteiger partial charge in [-0.2, -0.15) is 0 Å². The van der Waals surface area contributed by atoms with E-state index in [1.54, 1.807) is 12.2 Å². The molecule has 2 nitrogen and oxygen atoms in total. The molecule has 2 heteroatoms. The minimum absolute atomic E-state index is 0.998. The van der Waals surface area contributed by atoms with Crippen LogP contribution in [0.15, 0.2) is 74.4 Å².